The standard InChI is InChI=1S/C49H62N8O8/c1-7-13-31(14-8-2)43(56-45(59)39-27-50-22-23-51-39)47(61)55-42(29(4)5)49(63)57-28-34(25-40(57)46(60)54-36(15-9-3)44(58)48(62)52-32-18-19-32)65-41-26-37(30-16-11-10-12-17-30)53-38-24-33(64-6)20-21-35(38)41/h10-12,16-17,20-24,26-27,29,31-32,34,36,40,42-43H,7-9,13-15,18-19,25,28H2,1-6H3,(H,52,62)(H,54,60)(H,55,61)(H,56,59)/t34-,36+,40+,42+,43+/m1/s1. The summed E-state index contributed by atoms with van der Waals surface area (Å²) >= 11 is 0. The van der Waals surface area contributed by atoms with Gasteiger partial charge >= 0.3 is 0 Å². The highest BCUT2D eigenvalue weighted by Gasteiger charge is 2.45. The van der Waals surface area contributed by atoms with Crippen LogP contribution in [-0.2, 0) is 24.0 Å². The molecule has 5 amide bonds. The second-order valence-corrected chi connectivity index (χ2v) is 17.3. The first kappa shape index (κ1) is 48.0. The van der Waals surface area contributed by atoms with Crippen molar-refractivity contribution in [2.45, 2.75) is 129 Å². The Bertz CT molecular complexity index is 2300. The Balaban J connectivity index is 1.33. The molecule has 16 heteroatoms. The second kappa shape index (κ2) is 22.4. The third kappa shape index (κ3) is 12.2. The number of likely N-dealkylation sites (tertiary alicyclic amines) is 1. The van der Waals surface area contributed by atoms with Crippen molar-refractivity contribution in [3.8, 4) is 22.8 Å². The van der Waals surface area contributed by atoms with Gasteiger partial charge in [-0.15, -0.1) is 0 Å². The molecule has 2 aromatic heterocycles. The van der Waals surface area contributed by atoms with Gasteiger partial charge in [-0.2, -0.15) is 0 Å². The number of nitrogens with zero attached hydrogens (tertiary/aromatic N) is 4. The third-order valence-electron chi connectivity index (χ3n) is 11.9. The molecule has 1 saturated carbocycles. The molecule has 2 aliphatic rings. The number of pyridine rings is 1. The lowest BCUT2D eigenvalue weighted by molar-refractivity contribution is -0.144. The van der Waals surface area contributed by atoms with E-state index in [-0.39, 0.29) is 37.0 Å². The maximum atomic E-state index is 15.0. The van der Waals surface area contributed by atoms with Crippen molar-refractivity contribution < 1.29 is 38.2 Å². The van der Waals surface area contributed by atoms with Gasteiger partial charge in [-0.05, 0) is 56.1 Å². The van der Waals surface area contributed by atoms with Gasteiger partial charge in [-0.1, -0.05) is 84.2 Å². The zero-order valence-electron chi connectivity index (χ0n) is 38.2. The lowest BCUT2D eigenvalue weighted by Gasteiger charge is -2.33. The fourth-order valence-corrected chi connectivity index (χ4v) is 8.36. The molecule has 4 aromatic rings. The van der Waals surface area contributed by atoms with Crippen LogP contribution in [0.2, 0.25) is 0 Å². The average Bonchev–Trinajstić information content (AvgIpc) is 4.03. The van der Waals surface area contributed by atoms with E-state index in [1.165, 1.54) is 23.5 Å². The molecule has 4 N–H and O–H groups in total. The van der Waals surface area contributed by atoms with Crippen LogP contribution in [0, 0.1) is 11.8 Å². The van der Waals surface area contributed by atoms with Gasteiger partial charge in [-0.25, -0.2) is 9.97 Å². The van der Waals surface area contributed by atoms with Crippen molar-refractivity contribution in [2.24, 2.45) is 11.8 Å². The summed E-state index contributed by atoms with van der Waals surface area (Å²) < 4.78 is 12.3. The average molecular weight is 891 g/mol. The quantitative estimate of drug-likeness (QED) is 0.0741. The summed E-state index contributed by atoms with van der Waals surface area (Å²) in [6.07, 6.45) is 8.54. The highest BCUT2D eigenvalue weighted by atomic mass is 16.5. The molecule has 1 aliphatic heterocycles. The Morgan fingerprint density at radius 1 is 0.846 bits per heavy atom. The molecule has 1 saturated heterocycles. The van der Waals surface area contributed by atoms with Crippen LogP contribution in [0.15, 0.2) is 73.2 Å². The molecular weight excluding hydrogens is 829 g/mol. The van der Waals surface area contributed by atoms with Crippen molar-refractivity contribution >= 4 is 46.2 Å². The number of hydrogen-bond acceptors (Lipinski definition) is 11. The minimum Gasteiger partial charge on any atom is -0.497 e. The highest BCUT2D eigenvalue weighted by molar-refractivity contribution is 6.38. The molecule has 65 heavy (non-hydrogen) atoms. The van der Waals surface area contributed by atoms with Crippen LogP contribution >= 0.6 is 0 Å². The van der Waals surface area contributed by atoms with Crippen LogP contribution in [0.25, 0.3) is 22.2 Å². The summed E-state index contributed by atoms with van der Waals surface area (Å²) in [5.74, 6) is -3.43. The van der Waals surface area contributed by atoms with Gasteiger partial charge in [0.15, 0.2) is 0 Å². The van der Waals surface area contributed by atoms with Gasteiger partial charge in [-0.3, -0.25) is 33.8 Å². The number of amides is 5. The molecule has 16 nitrogen and oxygen atoms in total. The van der Waals surface area contributed by atoms with Gasteiger partial charge in [0.25, 0.3) is 11.8 Å². The number of benzene rings is 2. The Labute approximate surface area is 380 Å². The van der Waals surface area contributed by atoms with Crippen molar-refractivity contribution in [1.29, 1.82) is 0 Å². The molecule has 0 spiro atoms. The maximum Gasteiger partial charge on any atom is 0.289 e. The minimum absolute atomic E-state index is 0.0319. The van der Waals surface area contributed by atoms with Gasteiger partial charge in [0.2, 0.25) is 23.5 Å². The number of fused-ring (bicyclic) bond motifs is 1. The summed E-state index contributed by atoms with van der Waals surface area (Å²) in [6, 6.07) is 12.4. The largest absolute Gasteiger partial charge is 0.497 e. The first-order valence-electron chi connectivity index (χ1n) is 22.9. The number of hydrogen-bond donors (Lipinski definition) is 4. The fourth-order valence-electron chi connectivity index (χ4n) is 8.36. The molecular formula is C49H62N8O8. The van der Waals surface area contributed by atoms with Gasteiger partial charge in [0, 0.05) is 47.9 Å². The zero-order valence-corrected chi connectivity index (χ0v) is 38.2. The summed E-state index contributed by atoms with van der Waals surface area (Å²) in [5.41, 5.74) is 2.15. The number of rotatable bonds is 22. The Morgan fingerprint density at radius 3 is 2.20 bits per heavy atom. The number of ether oxygens (including phenoxy) is 2. The van der Waals surface area contributed by atoms with Crippen molar-refractivity contribution in [1.82, 2.24) is 41.1 Å². The number of methoxy groups -OCH3 is 1. The van der Waals surface area contributed by atoms with E-state index in [1.807, 2.05) is 69.3 Å². The van der Waals surface area contributed by atoms with Gasteiger partial charge in [0.05, 0.1) is 37.1 Å². The SMILES string of the molecule is CCCC(CCC)[C@H](NC(=O)c1cnccn1)C(=O)N[C@H](C(=O)N1C[C@H](Oc2cc(-c3ccccc3)nc3cc(OC)ccc23)C[C@H]1C(=O)N[C@@H](CCC)C(=O)C(=O)NC1CC1)C(C)C. The smallest absolute Gasteiger partial charge is 0.289 e. The topological polar surface area (TPSA) is 211 Å². The third-order valence-corrected chi connectivity index (χ3v) is 11.9. The van der Waals surface area contributed by atoms with Crippen molar-refractivity contribution in [3.05, 3.63) is 78.9 Å². The van der Waals surface area contributed by atoms with E-state index in [1.54, 1.807) is 27.0 Å². The predicted octanol–water partition coefficient (Wildman–Crippen LogP) is 5.34. The normalized spacial score (nSPS) is 17.3. The van der Waals surface area contributed by atoms with Crippen LogP contribution in [0.4, 0.5) is 0 Å². The molecule has 6 rings (SSSR count). The van der Waals surface area contributed by atoms with E-state index in [4.69, 9.17) is 14.5 Å². The van der Waals surface area contributed by atoms with E-state index in [2.05, 4.69) is 31.2 Å². The maximum absolute atomic E-state index is 15.0. The van der Waals surface area contributed by atoms with E-state index >= 15 is 4.79 Å². The van der Waals surface area contributed by atoms with Crippen LogP contribution in [0.3, 0.4) is 0 Å². The first-order valence-corrected chi connectivity index (χ1v) is 22.9. The molecule has 0 unspecified atom stereocenters. The fraction of sp³-hybridized carbons (Fsp3) is 0.490. The number of carbonyl (C=O) groups excluding carboxylic acids is 6. The van der Waals surface area contributed by atoms with Crippen LogP contribution in [0.1, 0.15) is 103 Å². The molecule has 0 radical (unpaired) electrons. The molecule has 346 valence electrons. The lowest BCUT2D eigenvalue weighted by atomic mass is 9.89. The second-order valence-electron chi connectivity index (χ2n) is 17.3. The van der Waals surface area contributed by atoms with E-state index < -0.39 is 71.5 Å². The van der Waals surface area contributed by atoms with Crippen molar-refractivity contribution in [2.75, 3.05) is 13.7 Å². The molecule has 1 aliphatic carbocycles. The molecule has 2 aromatic carbocycles. The molecule has 3 heterocycles. The first-order chi connectivity index (χ1) is 31.3. The van der Waals surface area contributed by atoms with Crippen LogP contribution in [-0.4, -0.2) is 105 Å². The van der Waals surface area contributed by atoms with E-state index in [0.717, 1.165) is 31.2 Å². The number of ketones is 1. The Hall–Kier alpha value is -6.45. The number of nitrogens with one attached hydrogen (secondary N) is 4. The van der Waals surface area contributed by atoms with Gasteiger partial charge in [0.1, 0.15) is 41.4 Å². The van der Waals surface area contributed by atoms with Crippen LogP contribution in [0.5, 0.6) is 11.5 Å². The summed E-state index contributed by atoms with van der Waals surface area (Å²) in [4.78, 5) is 98.3. The van der Waals surface area contributed by atoms with Crippen LogP contribution < -0.4 is 30.7 Å². The van der Waals surface area contributed by atoms with E-state index in [0.29, 0.717) is 47.4 Å². The summed E-state index contributed by atoms with van der Waals surface area (Å²) in [6.45, 7) is 9.40. The zero-order chi connectivity index (χ0) is 46.6. The summed E-state index contributed by atoms with van der Waals surface area (Å²) in [7, 11) is 1.57. The number of aromatic nitrogens is 3. The van der Waals surface area contributed by atoms with Gasteiger partial charge < -0.3 is 35.6 Å². The Morgan fingerprint density at radius 2 is 1.57 bits per heavy atom. The molecule has 0 bridgehead atoms. The number of carbonyl (C=O) groups is 6. The Kier molecular flexibility index (Phi) is 16.6. The molecule has 2 fully saturated rings. The lowest BCUT2D eigenvalue weighted by Crippen LogP contribution is -2.60. The minimum atomic E-state index is -1.15. The highest BCUT2D eigenvalue weighted by Crippen LogP contribution is 2.35. The monoisotopic (exact) mass is 890 g/mol. The van der Waals surface area contributed by atoms with Crippen molar-refractivity contribution in [3.63, 3.8) is 0 Å². The summed E-state index contributed by atoms with van der Waals surface area (Å²) in [5, 5.41) is 12.1. The number of Topliss-reactive ketones (excluding diaryl/α,β-unsaturated/α-hetero) is 1. The molecule has 5 atom stereocenters. The van der Waals surface area contributed by atoms with E-state index in [9.17, 15) is 24.0 Å². The predicted molar refractivity (Wildman–Crippen MR) is 245 cm³/mol.